The number of rotatable bonds is 5. The van der Waals surface area contributed by atoms with Crippen molar-refractivity contribution in [2.45, 2.75) is 65.6 Å². The lowest BCUT2D eigenvalue weighted by atomic mass is 10.1. The molecule has 1 aromatic rings. The van der Waals surface area contributed by atoms with Gasteiger partial charge in [0.1, 0.15) is 5.82 Å². The first kappa shape index (κ1) is 17.6. The standard InChI is InChI=1S/C9H10FNO2.C7H14O/c1-3-7-4-8(11(12)13)5-9(10)6(7)2;1-3-5-7-6(4-2)8-7/h4-5H,3H2,1-2H3;6-7H,3-5H2,1-2H3. The molecule has 1 aliphatic rings. The van der Waals surface area contributed by atoms with Gasteiger partial charge in [0.25, 0.3) is 5.69 Å². The van der Waals surface area contributed by atoms with Gasteiger partial charge in [0.05, 0.1) is 23.2 Å². The molecule has 0 bridgehead atoms. The van der Waals surface area contributed by atoms with Crippen LogP contribution in [0.4, 0.5) is 10.1 Å². The maximum absolute atomic E-state index is 13.1. The number of nitro groups is 1. The van der Waals surface area contributed by atoms with Crippen LogP contribution < -0.4 is 0 Å². The van der Waals surface area contributed by atoms with E-state index in [0.29, 0.717) is 29.8 Å². The molecule has 2 atom stereocenters. The van der Waals surface area contributed by atoms with Crippen LogP contribution in [0.2, 0.25) is 0 Å². The number of nitro benzene ring substituents is 1. The van der Waals surface area contributed by atoms with E-state index in [2.05, 4.69) is 13.8 Å². The molecule has 1 saturated heterocycles. The van der Waals surface area contributed by atoms with Crippen molar-refractivity contribution in [3.05, 3.63) is 39.2 Å². The normalized spacial score (nSPS) is 19.7. The molecule has 21 heavy (non-hydrogen) atoms. The van der Waals surface area contributed by atoms with E-state index >= 15 is 0 Å². The number of halogens is 1. The molecule has 118 valence electrons. The van der Waals surface area contributed by atoms with Crippen LogP contribution in [-0.2, 0) is 11.2 Å². The van der Waals surface area contributed by atoms with E-state index in [1.807, 2.05) is 6.92 Å². The van der Waals surface area contributed by atoms with Gasteiger partial charge in [0.2, 0.25) is 0 Å². The van der Waals surface area contributed by atoms with Crippen molar-refractivity contribution in [3.63, 3.8) is 0 Å². The van der Waals surface area contributed by atoms with Gasteiger partial charge in [-0.05, 0) is 37.3 Å². The van der Waals surface area contributed by atoms with Gasteiger partial charge in [-0.1, -0.05) is 27.2 Å². The maximum Gasteiger partial charge on any atom is 0.272 e. The number of hydrogen-bond acceptors (Lipinski definition) is 3. The van der Waals surface area contributed by atoms with Crippen LogP contribution in [0, 0.1) is 22.9 Å². The highest BCUT2D eigenvalue weighted by Crippen LogP contribution is 2.28. The fraction of sp³-hybridized carbons (Fsp3) is 0.625. The highest BCUT2D eigenvalue weighted by molar-refractivity contribution is 5.40. The smallest absolute Gasteiger partial charge is 0.272 e. The summed E-state index contributed by atoms with van der Waals surface area (Å²) < 4.78 is 18.4. The minimum absolute atomic E-state index is 0.181. The van der Waals surface area contributed by atoms with Crippen molar-refractivity contribution in [1.82, 2.24) is 0 Å². The summed E-state index contributed by atoms with van der Waals surface area (Å²) in [6, 6.07) is 2.37. The Morgan fingerprint density at radius 1 is 1.29 bits per heavy atom. The molecule has 1 aromatic carbocycles. The first-order valence-corrected chi connectivity index (χ1v) is 7.53. The lowest BCUT2D eigenvalue weighted by Gasteiger charge is -2.03. The Hall–Kier alpha value is -1.49. The van der Waals surface area contributed by atoms with Gasteiger partial charge in [-0.25, -0.2) is 4.39 Å². The van der Waals surface area contributed by atoms with Gasteiger partial charge in [-0.15, -0.1) is 0 Å². The van der Waals surface area contributed by atoms with Crippen molar-refractivity contribution in [3.8, 4) is 0 Å². The average Bonchev–Trinajstić information content (AvgIpc) is 3.21. The molecule has 2 rings (SSSR count). The molecular weight excluding hydrogens is 273 g/mol. The van der Waals surface area contributed by atoms with Crippen molar-refractivity contribution in [2.75, 3.05) is 0 Å². The molecule has 0 aliphatic carbocycles. The van der Waals surface area contributed by atoms with E-state index < -0.39 is 10.7 Å². The Morgan fingerprint density at radius 2 is 1.95 bits per heavy atom. The second kappa shape index (κ2) is 8.08. The van der Waals surface area contributed by atoms with Crippen LogP contribution in [0.15, 0.2) is 12.1 Å². The van der Waals surface area contributed by atoms with E-state index in [0.717, 1.165) is 6.07 Å². The molecule has 0 spiro atoms. The molecule has 1 fully saturated rings. The third kappa shape index (κ3) is 5.08. The number of epoxide rings is 1. The average molecular weight is 297 g/mol. The Bertz CT molecular complexity index is 491. The summed E-state index contributed by atoms with van der Waals surface area (Å²) in [4.78, 5) is 9.79. The molecule has 0 aromatic heterocycles. The van der Waals surface area contributed by atoms with E-state index in [9.17, 15) is 14.5 Å². The Kier molecular flexibility index (Phi) is 6.75. The summed E-state index contributed by atoms with van der Waals surface area (Å²) in [6.45, 7) is 7.85. The first-order valence-electron chi connectivity index (χ1n) is 7.53. The van der Waals surface area contributed by atoms with Gasteiger partial charge in [0, 0.05) is 6.07 Å². The van der Waals surface area contributed by atoms with Crippen LogP contribution in [0.5, 0.6) is 0 Å². The molecule has 1 heterocycles. The highest BCUT2D eigenvalue weighted by Gasteiger charge is 2.35. The first-order chi connectivity index (χ1) is 9.94. The van der Waals surface area contributed by atoms with Crippen molar-refractivity contribution < 1.29 is 14.1 Å². The summed E-state index contributed by atoms with van der Waals surface area (Å²) >= 11 is 0. The lowest BCUT2D eigenvalue weighted by molar-refractivity contribution is -0.385. The molecule has 4 nitrogen and oxygen atoms in total. The minimum Gasteiger partial charge on any atom is -0.370 e. The summed E-state index contributed by atoms with van der Waals surface area (Å²) in [5.74, 6) is -0.508. The van der Waals surface area contributed by atoms with Crippen molar-refractivity contribution in [1.29, 1.82) is 0 Å². The number of ether oxygens (including phenoxy) is 1. The van der Waals surface area contributed by atoms with E-state index in [4.69, 9.17) is 4.74 Å². The second-order valence-corrected chi connectivity index (χ2v) is 5.23. The Balaban J connectivity index is 0.000000235. The van der Waals surface area contributed by atoms with Gasteiger partial charge < -0.3 is 4.74 Å². The van der Waals surface area contributed by atoms with Gasteiger partial charge >= 0.3 is 0 Å². The molecule has 1 aliphatic heterocycles. The van der Waals surface area contributed by atoms with Gasteiger partial charge in [0.15, 0.2) is 0 Å². The third-order valence-electron chi connectivity index (χ3n) is 3.69. The molecule has 0 amide bonds. The lowest BCUT2D eigenvalue weighted by Crippen LogP contribution is -1.96. The molecular formula is C16H24FNO3. The second-order valence-electron chi connectivity index (χ2n) is 5.23. The van der Waals surface area contributed by atoms with Crippen molar-refractivity contribution >= 4 is 5.69 Å². The largest absolute Gasteiger partial charge is 0.370 e. The number of non-ortho nitro benzene ring substituents is 1. The van der Waals surface area contributed by atoms with E-state index in [-0.39, 0.29) is 5.69 Å². The Labute approximate surface area is 125 Å². The number of benzene rings is 1. The van der Waals surface area contributed by atoms with E-state index in [1.165, 1.54) is 25.3 Å². The van der Waals surface area contributed by atoms with Crippen molar-refractivity contribution in [2.24, 2.45) is 0 Å². The zero-order valence-corrected chi connectivity index (χ0v) is 13.2. The van der Waals surface area contributed by atoms with Crippen LogP contribution >= 0.6 is 0 Å². The summed E-state index contributed by atoms with van der Waals surface area (Å²) in [6.07, 6.45) is 5.58. The molecule has 0 N–H and O–H groups in total. The molecule has 0 radical (unpaired) electrons. The van der Waals surface area contributed by atoms with E-state index in [1.54, 1.807) is 6.92 Å². The quantitative estimate of drug-likeness (QED) is 0.454. The third-order valence-corrected chi connectivity index (χ3v) is 3.69. The number of aryl methyl sites for hydroxylation is 1. The van der Waals surface area contributed by atoms with Gasteiger partial charge in [-0.3, -0.25) is 10.1 Å². The predicted octanol–water partition coefficient (Wildman–Crippen LogP) is 4.57. The zero-order chi connectivity index (χ0) is 16.0. The minimum atomic E-state index is -0.582. The summed E-state index contributed by atoms with van der Waals surface area (Å²) in [5.41, 5.74) is 1.000. The molecule has 5 heteroatoms. The SMILES string of the molecule is CCCC1OC1CC.CCc1cc([N+](=O)[O-])cc(F)c1C. The number of nitrogens with zero attached hydrogens (tertiary/aromatic N) is 1. The monoisotopic (exact) mass is 297 g/mol. The van der Waals surface area contributed by atoms with Crippen LogP contribution in [-0.4, -0.2) is 17.1 Å². The molecule has 2 unspecified atom stereocenters. The van der Waals surface area contributed by atoms with Crippen LogP contribution in [0.25, 0.3) is 0 Å². The zero-order valence-electron chi connectivity index (χ0n) is 13.2. The topological polar surface area (TPSA) is 55.7 Å². The highest BCUT2D eigenvalue weighted by atomic mass is 19.1. The summed E-state index contributed by atoms with van der Waals surface area (Å²) in [5, 5.41) is 10.4. The predicted molar refractivity (Wildman–Crippen MR) is 81.0 cm³/mol. The summed E-state index contributed by atoms with van der Waals surface area (Å²) in [7, 11) is 0. The Morgan fingerprint density at radius 3 is 2.38 bits per heavy atom. The van der Waals surface area contributed by atoms with Crippen LogP contribution in [0.1, 0.15) is 51.2 Å². The molecule has 0 saturated carbocycles. The maximum atomic E-state index is 13.1. The van der Waals surface area contributed by atoms with Gasteiger partial charge in [-0.2, -0.15) is 0 Å². The van der Waals surface area contributed by atoms with Crippen LogP contribution in [0.3, 0.4) is 0 Å². The number of hydrogen-bond donors (Lipinski definition) is 0. The fourth-order valence-corrected chi connectivity index (χ4v) is 2.27. The fourth-order valence-electron chi connectivity index (χ4n) is 2.27.